The summed E-state index contributed by atoms with van der Waals surface area (Å²) >= 11 is 1.61. The number of rotatable bonds is 6. The highest BCUT2D eigenvalue weighted by Gasteiger charge is 2.09. The lowest BCUT2D eigenvalue weighted by Gasteiger charge is -2.09. The lowest BCUT2D eigenvalue weighted by molar-refractivity contribution is -0.121. The van der Waals surface area contributed by atoms with Gasteiger partial charge in [0.05, 0.1) is 16.8 Å². The lowest BCUT2D eigenvalue weighted by atomic mass is 10.1. The average Bonchev–Trinajstić information content (AvgIpc) is 2.79. The summed E-state index contributed by atoms with van der Waals surface area (Å²) in [5, 5.41) is 3.81. The Kier molecular flexibility index (Phi) is 4.87. The van der Waals surface area contributed by atoms with Gasteiger partial charge in [0, 0.05) is 12.5 Å². The molecule has 2 aromatic rings. The Labute approximate surface area is 117 Å². The SMILES string of the molecule is CCCC(N)CC(=O)NCc1nc2ccccc2s1. The Balaban J connectivity index is 1.86. The van der Waals surface area contributed by atoms with Crippen LogP contribution in [0.4, 0.5) is 0 Å². The second-order valence-electron chi connectivity index (χ2n) is 4.60. The number of fused-ring (bicyclic) bond motifs is 1. The first-order valence-electron chi connectivity index (χ1n) is 6.55. The minimum atomic E-state index is -0.0413. The molecule has 1 amide bonds. The van der Waals surface area contributed by atoms with Crippen molar-refractivity contribution in [1.82, 2.24) is 10.3 Å². The minimum absolute atomic E-state index is 0.000191. The molecule has 1 heterocycles. The fraction of sp³-hybridized carbons (Fsp3) is 0.429. The monoisotopic (exact) mass is 277 g/mol. The van der Waals surface area contributed by atoms with E-state index in [0.717, 1.165) is 28.1 Å². The van der Waals surface area contributed by atoms with E-state index in [4.69, 9.17) is 5.73 Å². The normalized spacial score (nSPS) is 12.5. The second-order valence-corrected chi connectivity index (χ2v) is 5.72. The molecule has 0 aliphatic rings. The standard InChI is InChI=1S/C14H19N3OS/c1-2-5-10(15)8-13(18)16-9-14-17-11-6-3-4-7-12(11)19-14/h3-4,6-7,10H,2,5,8-9,15H2,1H3,(H,16,18). The Morgan fingerprint density at radius 2 is 2.26 bits per heavy atom. The van der Waals surface area contributed by atoms with E-state index in [9.17, 15) is 4.79 Å². The first-order valence-corrected chi connectivity index (χ1v) is 7.37. The number of hydrogen-bond acceptors (Lipinski definition) is 4. The summed E-state index contributed by atoms with van der Waals surface area (Å²) < 4.78 is 1.15. The molecule has 0 aliphatic heterocycles. The van der Waals surface area contributed by atoms with Gasteiger partial charge < -0.3 is 11.1 Å². The maximum absolute atomic E-state index is 11.7. The number of nitrogens with zero attached hydrogens (tertiary/aromatic N) is 1. The third kappa shape index (κ3) is 4.01. The zero-order valence-electron chi connectivity index (χ0n) is 11.1. The highest BCUT2D eigenvalue weighted by molar-refractivity contribution is 7.18. The number of para-hydroxylation sites is 1. The van der Waals surface area contributed by atoms with Crippen molar-refractivity contribution >= 4 is 27.5 Å². The second kappa shape index (κ2) is 6.63. The van der Waals surface area contributed by atoms with Gasteiger partial charge >= 0.3 is 0 Å². The van der Waals surface area contributed by atoms with Crippen LogP contribution < -0.4 is 11.1 Å². The van der Waals surface area contributed by atoms with Crippen LogP contribution in [-0.4, -0.2) is 16.9 Å². The third-order valence-electron chi connectivity index (χ3n) is 2.88. The number of nitrogens with two attached hydrogens (primary N) is 1. The van der Waals surface area contributed by atoms with E-state index < -0.39 is 0 Å². The molecule has 1 aromatic carbocycles. The molecular weight excluding hydrogens is 258 g/mol. The minimum Gasteiger partial charge on any atom is -0.350 e. The van der Waals surface area contributed by atoms with E-state index in [-0.39, 0.29) is 11.9 Å². The van der Waals surface area contributed by atoms with E-state index >= 15 is 0 Å². The summed E-state index contributed by atoms with van der Waals surface area (Å²) in [5.41, 5.74) is 6.83. The van der Waals surface area contributed by atoms with Crippen molar-refractivity contribution in [3.63, 3.8) is 0 Å². The fourth-order valence-corrected chi connectivity index (χ4v) is 2.86. The smallest absolute Gasteiger partial charge is 0.221 e. The van der Waals surface area contributed by atoms with Gasteiger partial charge in [-0.3, -0.25) is 4.79 Å². The van der Waals surface area contributed by atoms with Crippen LogP contribution in [0, 0.1) is 0 Å². The molecule has 5 heteroatoms. The molecule has 1 aromatic heterocycles. The molecule has 0 spiro atoms. The molecule has 0 aliphatic carbocycles. The molecule has 2 rings (SSSR count). The van der Waals surface area contributed by atoms with Gasteiger partial charge in [0.25, 0.3) is 0 Å². The molecule has 4 nitrogen and oxygen atoms in total. The Hall–Kier alpha value is -1.46. The number of carbonyl (C=O) groups is 1. The molecule has 0 bridgehead atoms. The quantitative estimate of drug-likeness (QED) is 0.852. The van der Waals surface area contributed by atoms with Crippen LogP contribution in [0.5, 0.6) is 0 Å². The van der Waals surface area contributed by atoms with E-state index in [1.807, 2.05) is 24.3 Å². The molecule has 0 fully saturated rings. The topological polar surface area (TPSA) is 68.0 Å². The van der Waals surface area contributed by atoms with Crippen molar-refractivity contribution in [2.45, 2.75) is 38.8 Å². The van der Waals surface area contributed by atoms with Gasteiger partial charge in [-0.25, -0.2) is 4.98 Å². The number of aromatic nitrogens is 1. The predicted molar refractivity (Wildman–Crippen MR) is 79.0 cm³/mol. The lowest BCUT2D eigenvalue weighted by Crippen LogP contribution is -2.31. The molecule has 102 valence electrons. The van der Waals surface area contributed by atoms with E-state index in [1.54, 1.807) is 11.3 Å². The van der Waals surface area contributed by atoms with Crippen LogP contribution in [0.3, 0.4) is 0 Å². The van der Waals surface area contributed by atoms with Crippen LogP contribution in [0.2, 0.25) is 0 Å². The number of nitrogens with one attached hydrogen (secondary N) is 1. The van der Waals surface area contributed by atoms with Gasteiger partial charge in [-0.1, -0.05) is 25.5 Å². The van der Waals surface area contributed by atoms with Crippen molar-refractivity contribution in [2.75, 3.05) is 0 Å². The Morgan fingerprint density at radius 3 is 3.00 bits per heavy atom. The predicted octanol–water partition coefficient (Wildman–Crippen LogP) is 2.43. The summed E-state index contributed by atoms with van der Waals surface area (Å²) in [6.07, 6.45) is 2.28. The van der Waals surface area contributed by atoms with Crippen LogP contribution >= 0.6 is 11.3 Å². The molecule has 0 saturated carbocycles. The number of benzene rings is 1. The van der Waals surface area contributed by atoms with Gasteiger partial charge in [0.15, 0.2) is 0 Å². The van der Waals surface area contributed by atoms with Crippen LogP contribution in [0.1, 0.15) is 31.2 Å². The van der Waals surface area contributed by atoms with Gasteiger partial charge in [-0.15, -0.1) is 11.3 Å². The van der Waals surface area contributed by atoms with E-state index in [1.165, 1.54) is 0 Å². The van der Waals surface area contributed by atoms with Crippen molar-refractivity contribution in [3.05, 3.63) is 29.3 Å². The molecule has 19 heavy (non-hydrogen) atoms. The van der Waals surface area contributed by atoms with Crippen molar-refractivity contribution in [2.24, 2.45) is 5.73 Å². The van der Waals surface area contributed by atoms with Crippen LogP contribution in [0.15, 0.2) is 24.3 Å². The molecule has 0 radical (unpaired) electrons. The van der Waals surface area contributed by atoms with Gasteiger partial charge in [0.1, 0.15) is 5.01 Å². The first kappa shape index (κ1) is 14.0. The van der Waals surface area contributed by atoms with Crippen molar-refractivity contribution < 1.29 is 4.79 Å². The average molecular weight is 277 g/mol. The molecule has 1 atom stereocenters. The Morgan fingerprint density at radius 1 is 1.47 bits per heavy atom. The summed E-state index contributed by atoms with van der Waals surface area (Å²) in [5.74, 6) is 0.000191. The highest BCUT2D eigenvalue weighted by atomic mass is 32.1. The zero-order valence-corrected chi connectivity index (χ0v) is 11.9. The molecule has 3 N–H and O–H groups in total. The number of carbonyl (C=O) groups excluding carboxylic acids is 1. The highest BCUT2D eigenvalue weighted by Crippen LogP contribution is 2.21. The van der Waals surface area contributed by atoms with Crippen molar-refractivity contribution in [1.29, 1.82) is 0 Å². The zero-order chi connectivity index (χ0) is 13.7. The summed E-state index contributed by atoms with van der Waals surface area (Å²) in [6.45, 7) is 2.55. The molecule has 0 saturated heterocycles. The van der Waals surface area contributed by atoms with E-state index in [0.29, 0.717) is 13.0 Å². The van der Waals surface area contributed by atoms with Gasteiger partial charge in [0.2, 0.25) is 5.91 Å². The van der Waals surface area contributed by atoms with Gasteiger partial charge in [-0.2, -0.15) is 0 Å². The largest absolute Gasteiger partial charge is 0.350 e. The summed E-state index contributed by atoms with van der Waals surface area (Å²) in [6, 6.07) is 7.94. The maximum Gasteiger partial charge on any atom is 0.221 e. The number of hydrogen-bond donors (Lipinski definition) is 2. The number of thiazole rings is 1. The summed E-state index contributed by atoms with van der Waals surface area (Å²) in [7, 11) is 0. The third-order valence-corrected chi connectivity index (χ3v) is 3.92. The molecule has 1 unspecified atom stereocenters. The van der Waals surface area contributed by atoms with E-state index in [2.05, 4.69) is 17.2 Å². The first-order chi connectivity index (χ1) is 9.19. The summed E-state index contributed by atoms with van der Waals surface area (Å²) in [4.78, 5) is 16.2. The Bertz CT molecular complexity index is 519. The van der Waals surface area contributed by atoms with Crippen molar-refractivity contribution in [3.8, 4) is 0 Å². The number of amides is 1. The fourth-order valence-electron chi connectivity index (χ4n) is 1.95. The van der Waals surface area contributed by atoms with Gasteiger partial charge in [-0.05, 0) is 18.6 Å². The maximum atomic E-state index is 11.7. The molecular formula is C14H19N3OS. The van der Waals surface area contributed by atoms with Crippen LogP contribution in [-0.2, 0) is 11.3 Å². The van der Waals surface area contributed by atoms with Crippen LogP contribution in [0.25, 0.3) is 10.2 Å².